The van der Waals surface area contributed by atoms with Gasteiger partial charge in [0.15, 0.2) is 0 Å². The van der Waals surface area contributed by atoms with Crippen molar-refractivity contribution in [3.05, 3.63) is 29.8 Å². The van der Waals surface area contributed by atoms with Crippen LogP contribution in [0, 0.1) is 5.92 Å². The summed E-state index contributed by atoms with van der Waals surface area (Å²) in [5.74, 6) is 1.92. The van der Waals surface area contributed by atoms with Crippen LogP contribution in [-0.4, -0.2) is 5.75 Å². The van der Waals surface area contributed by atoms with Crippen LogP contribution in [0.1, 0.15) is 31.2 Å². The Morgan fingerprint density at radius 3 is 2.94 bits per heavy atom. The van der Waals surface area contributed by atoms with Crippen LogP contribution in [0.4, 0.5) is 0 Å². The average molecular weight is 256 g/mol. The molecule has 16 heavy (non-hydrogen) atoms. The van der Waals surface area contributed by atoms with E-state index in [-0.39, 0.29) is 17.9 Å². The van der Waals surface area contributed by atoms with Crippen LogP contribution in [0.5, 0.6) is 0 Å². The van der Waals surface area contributed by atoms with E-state index in [0.29, 0.717) is 5.92 Å². The number of fused-ring (bicyclic) bond motifs is 3. The second kappa shape index (κ2) is 4.59. The van der Waals surface area contributed by atoms with Gasteiger partial charge in [0.05, 0.1) is 0 Å². The van der Waals surface area contributed by atoms with E-state index in [1.807, 2.05) is 11.8 Å². The van der Waals surface area contributed by atoms with E-state index in [4.69, 9.17) is 5.73 Å². The molecule has 0 saturated heterocycles. The predicted octanol–water partition coefficient (Wildman–Crippen LogP) is 3.56. The van der Waals surface area contributed by atoms with E-state index in [0.717, 1.165) is 0 Å². The minimum atomic E-state index is -0.0138. The van der Waals surface area contributed by atoms with Crippen molar-refractivity contribution in [3.8, 4) is 0 Å². The van der Waals surface area contributed by atoms with Gasteiger partial charge in [-0.15, -0.1) is 24.2 Å². The van der Waals surface area contributed by atoms with E-state index in [2.05, 4.69) is 24.3 Å². The fraction of sp³-hybridized carbons (Fsp3) is 0.538. The third-order valence-electron chi connectivity index (χ3n) is 3.95. The summed E-state index contributed by atoms with van der Waals surface area (Å²) in [5, 5.41) is 0. The standard InChI is InChI=1S/C13H17NS.ClH/c14-13-8-4-3-5-10(13)9-15-12-7-2-1-6-11(12)13;/h1-2,6-7,10H,3-5,8-9,14H2;1H. The minimum Gasteiger partial charge on any atom is -0.321 e. The number of hydrogen-bond donors (Lipinski definition) is 1. The number of nitrogens with two attached hydrogens (primary N) is 1. The van der Waals surface area contributed by atoms with Gasteiger partial charge < -0.3 is 5.73 Å². The highest BCUT2D eigenvalue weighted by Gasteiger charge is 2.42. The zero-order valence-corrected chi connectivity index (χ0v) is 10.9. The summed E-state index contributed by atoms with van der Waals surface area (Å²) in [6, 6.07) is 8.71. The van der Waals surface area contributed by atoms with Crippen LogP contribution in [0.2, 0.25) is 0 Å². The van der Waals surface area contributed by atoms with Gasteiger partial charge in [-0.25, -0.2) is 0 Å². The Labute approximate surface area is 108 Å². The SMILES string of the molecule is Cl.NC12CCCCC1CSc1ccccc12. The Kier molecular flexibility index (Phi) is 3.53. The minimum absolute atomic E-state index is 0. The maximum absolute atomic E-state index is 6.66. The van der Waals surface area contributed by atoms with E-state index in [1.165, 1.54) is 41.9 Å². The first-order valence-corrected chi connectivity index (χ1v) is 6.80. The van der Waals surface area contributed by atoms with Crippen LogP contribution >= 0.6 is 24.2 Å². The van der Waals surface area contributed by atoms with E-state index in [1.54, 1.807) is 0 Å². The van der Waals surface area contributed by atoms with Crippen LogP contribution in [0.15, 0.2) is 29.2 Å². The van der Waals surface area contributed by atoms with Crippen LogP contribution in [0.25, 0.3) is 0 Å². The third kappa shape index (κ3) is 1.77. The molecule has 0 amide bonds. The summed E-state index contributed by atoms with van der Waals surface area (Å²) >= 11 is 1.99. The average Bonchev–Trinajstić information content (AvgIpc) is 2.29. The van der Waals surface area contributed by atoms with E-state index in [9.17, 15) is 0 Å². The second-order valence-corrected chi connectivity index (χ2v) is 5.85. The van der Waals surface area contributed by atoms with Gasteiger partial charge in [0.25, 0.3) is 0 Å². The zero-order valence-electron chi connectivity index (χ0n) is 9.32. The molecule has 0 spiro atoms. The Balaban J connectivity index is 0.000000963. The van der Waals surface area contributed by atoms with Crippen molar-refractivity contribution in [2.24, 2.45) is 11.7 Å². The number of rotatable bonds is 0. The van der Waals surface area contributed by atoms with Crippen molar-refractivity contribution >= 4 is 24.2 Å². The largest absolute Gasteiger partial charge is 0.321 e. The van der Waals surface area contributed by atoms with E-state index >= 15 is 0 Å². The van der Waals surface area contributed by atoms with Gasteiger partial charge >= 0.3 is 0 Å². The zero-order chi connectivity index (χ0) is 10.3. The van der Waals surface area contributed by atoms with Crippen molar-refractivity contribution in [1.82, 2.24) is 0 Å². The molecule has 1 aromatic rings. The molecule has 1 aliphatic heterocycles. The maximum atomic E-state index is 6.66. The molecular weight excluding hydrogens is 238 g/mol. The fourth-order valence-corrected chi connectivity index (χ4v) is 4.46. The van der Waals surface area contributed by atoms with Gasteiger partial charge in [0.1, 0.15) is 0 Å². The number of hydrogen-bond acceptors (Lipinski definition) is 2. The molecule has 2 aliphatic rings. The van der Waals surface area contributed by atoms with Gasteiger partial charge in [-0.2, -0.15) is 0 Å². The maximum Gasteiger partial charge on any atom is 0.0457 e. The van der Waals surface area contributed by atoms with E-state index < -0.39 is 0 Å². The summed E-state index contributed by atoms with van der Waals surface area (Å²) < 4.78 is 0. The molecule has 2 atom stereocenters. The molecule has 2 N–H and O–H groups in total. The van der Waals surface area contributed by atoms with Crippen LogP contribution < -0.4 is 5.73 Å². The Bertz CT molecular complexity index is 382. The number of benzene rings is 1. The molecule has 0 radical (unpaired) electrons. The Morgan fingerprint density at radius 2 is 2.06 bits per heavy atom. The normalized spacial score (nSPS) is 32.2. The molecule has 1 aliphatic carbocycles. The lowest BCUT2D eigenvalue weighted by molar-refractivity contribution is 0.204. The fourth-order valence-electron chi connectivity index (χ4n) is 3.02. The molecule has 0 aromatic heterocycles. The van der Waals surface area contributed by atoms with Gasteiger partial charge in [0, 0.05) is 16.2 Å². The molecule has 1 aromatic carbocycles. The van der Waals surface area contributed by atoms with Crippen molar-refractivity contribution < 1.29 is 0 Å². The molecule has 1 nitrogen and oxygen atoms in total. The topological polar surface area (TPSA) is 26.0 Å². The van der Waals surface area contributed by atoms with Crippen molar-refractivity contribution in [2.75, 3.05) is 5.75 Å². The quantitative estimate of drug-likeness (QED) is 0.767. The number of thioether (sulfide) groups is 1. The molecule has 0 bridgehead atoms. The van der Waals surface area contributed by atoms with Crippen LogP contribution in [-0.2, 0) is 5.54 Å². The van der Waals surface area contributed by atoms with Gasteiger partial charge in [-0.3, -0.25) is 0 Å². The van der Waals surface area contributed by atoms with Crippen molar-refractivity contribution in [3.63, 3.8) is 0 Å². The van der Waals surface area contributed by atoms with Gasteiger partial charge in [-0.1, -0.05) is 31.0 Å². The molecule has 3 heteroatoms. The first-order valence-electron chi connectivity index (χ1n) is 5.82. The summed E-state index contributed by atoms with van der Waals surface area (Å²) in [4.78, 5) is 1.41. The highest BCUT2D eigenvalue weighted by molar-refractivity contribution is 7.99. The van der Waals surface area contributed by atoms with Crippen molar-refractivity contribution in [1.29, 1.82) is 0 Å². The first-order chi connectivity index (χ1) is 7.31. The predicted molar refractivity (Wildman–Crippen MR) is 72.2 cm³/mol. The summed E-state index contributed by atoms with van der Waals surface area (Å²) in [5.41, 5.74) is 8.06. The molecular formula is C13H18ClNS. The highest BCUT2D eigenvalue weighted by atomic mass is 35.5. The first kappa shape index (κ1) is 12.3. The lowest BCUT2D eigenvalue weighted by atomic mass is 9.70. The van der Waals surface area contributed by atoms with Crippen molar-refractivity contribution in [2.45, 2.75) is 36.1 Å². The summed E-state index contributed by atoms with van der Waals surface area (Å²) in [6.07, 6.45) is 5.16. The summed E-state index contributed by atoms with van der Waals surface area (Å²) in [6.45, 7) is 0. The monoisotopic (exact) mass is 255 g/mol. The second-order valence-electron chi connectivity index (χ2n) is 4.79. The molecule has 1 heterocycles. The molecule has 2 unspecified atom stereocenters. The lowest BCUT2D eigenvalue weighted by Crippen LogP contribution is -2.49. The molecule has 3 rings (SSSR count). The lowest BCUT2D eigenvalue weighted by Gasteiger charge is -2.45. The molecule has 88 valence electrons. The van der Waals surface area contributed by atoms with Gasteiger partial charge in [0.2, 0.25) is 0 Å². The Hall–Kier alpha value is -0.180. The smallest absolute Gasteiger partial charge is 0.0457 e. The van der Waals surface area contributed by atoms with Gasteiger partial charge in [-0.05, 0) is 30.4 Å². The molecule has 1 saturated carbocycles. The summed E-state index contributed by atoms with van der Waals surface area (Å²) in [7, 11) is 0. The molecule has 1 fully saturated rings. The highest BCUT2D eigenvalue weighted by Crippen LogP contribution is 2.48. The van der Waals surface area contributed by atoms with Crippen LogP contribution in [0.3, 0.4) is 0 Å². The Morgan fingerprint density at radius 1 is 1.25 bits per heavy atom. The number of halogens is 1. The third-order valence-corrected chi connectivity index (χ3v) is 5.19.